The number of aliphatic carboxylic acids is 1. The van der Waals surface area contributed by atoms with E-state index in [1.807, 2.05) is 6.07 Å². The van der Waals surface area contributed by atoms with Crippen LogP contribution in [0.15, 0.2) is 41.2 Å². The summed E-state index contributed by atoms with van der Waals surface area (Å²) in [6.45, 7) is 1.83. The molecule has 0 saturated heterocycles. The van der Waals surface area contributed by atoms with Gasteiger partial charge in [0, 0.05) is 11.9 Å². The molecule has 1 atom stereocenters. The Balaban J connectivity index is 2.22. The number of nitrogens with one attached hydrogen (secondary N) is 1. The Kier molecular flexibility index (Phi) is 4.70. The van der Waals surface area contributed by atoms with Gasteiger partial charge >= 0.3 is 5.97 Å². The van der Waals surface area contributed by atoms with E-state index in [2.05, 4.69) is 10.3 Å². The number of amides is 1. The molecule has 0 aliphatic carbocycles. The third kappa shape index (κ3) is 3.11. The van der Waals surface area contributed by atoms with Crippen LogP contribution in [0.4, 0.5) is 0 Å². The van der Waals surface area contributed by atoms with Gasteiger partial charge in [-0.15, -0.1) is 11.3 Å². The van der Waals surface area contributed by atoms with Gasteiger partial charge in [0.05, 0.1) is 5.51 Å². The summed E-state index contributed by atoms with van der Waals surface area (Å²) in [5, 5.41) is 14.0. The fraction of sp³-hybridized carbons (Fsp3) is 0.267. The van der Waals surface area contributed by atoms with Crippen LogP contribution in [0.2, 0.25) is 0 Å². The highest BCUT2D eigenvalue weighted by atomic mass is 32.1. The van der Waals surface area contributed by atoms with Crippen molar-refractivity contribution in [3.05, 3.63) is 52.5 Å². The van der Waals surface area contributed by atoms with Gasteiger partial charge < -0.3 is 10.4 Å². The number of aromatic nitrogens is 1. The Bertz CT molecular complexity index is 613. The van der Waals surface area contributed by atoms with Gasteiger partial charge in [0.2, 0.25) is 0 Å². The lowest BCUT2D eigenvalue weighted by Gasteiger charge is -2.28. The van der Waals surface area contributed by atoms with Crippen LogP contribution in [0, 0.1) is 0 Å². The molecule has 0 bridgehead atoms. The monoisotopic (exact) mass is 304 g/mol. The van der Waals surface area contributed by atoms with Gasteiger partial charge in [0.1, 0.15) is 11.1 Å². The number of carboxylic acids is 1. The van der Waals surface area contributed by atoms with Gasteiger partial charge in [-0.2, -0.15) is 0 Å². The molecule has 2 N–H and O–H groups in total. The first-order valence-electron chi connectivity index (χ1n) is 6.55. The van der Waals surface area contributed by atoms with E-state index in [4.69, 9.17) is 0 Å². The molecule has 21 heavy (non-hydrogen) atoms. The van der Waals surface area contributed by atoms with Gasteiger partial charge in [0.25, 0.3) is 5.91 Å². The molecule has 0 aliphatic rings. The maximum atomic E-state index is 12.0. The standard InChI is InChI=1S/C15H16N2O3S/c1-2-15(14(19)20,11-6-4-3-5-7-11)9-16-13(18)12-8-21-10-17-12/h3-8,10H,2,9H2,1H3,(H,16,18)(H,19,20). The Morgan fingerprint density at radius 3 is 2.57 bits per heavy atom. The fourth-order valence-electron chi connectivity index (χ4n) is 2.19. The molecule has 1 aromatic carbocycles. The van der Waals surface area contributed by atoms with Crippen molar-refractivity contribution < 1.29 is 14.7 Å². The molecular formula is C15H16N2O3S. The number of carboxylic acid groups (broad SMARTS) is 1. The van der Waals surface area contributed by atoms with Crippen LogP contribution in [0.25, 0.3) is 0 Å². The van der Waals surface area contributed by atoms with Gasteiger partial charge in [0.15, 0.2) is 0 Å². The highest BCUT2D eigenvalue weighted by molar-refractivity contribution is 7.07. The van der Waals surface area contributed by atoms with Crippen molar-refractivity contribution in [2.24, 2.45) is 0 Å². The Morgan fingerprint density at radius 2 is 2.05 bits per heavy atom. The maximum absolute atomic E-state index is 12.0. The Labute approximate surface area is 126 Å². The van der Waals surface area contributed by atoms with Crippen LogP contribution in [-0.4, -0.2) is 28.5 Å². The summed E-state index contributed by atoms with van der Waals surface area (Å²) < 4.78 is 0. The van der Waals surface area contributed by atoms with Crippen molar-refractivity contribution in [3.63, 3.8) is 0 Å². The van der Waals surface area contributed by atoms with E-state index in [-0.39, 0.29) is 12.5 Å². The molecule has 0 radical (unpaired) electrons. The van der Waals surface area contributed by atoms with Crippen molar-refractivity contribution in [3.8, 4) is 0 Å². The van der Waals surface area contributed by atoms with Crippen molar-refractivity contribution in [2.75, 3.05) is 6.54 Å². The Hall–Kier alpha value is -2.21. The van der Waals surface area contributed by atoms with Crippen molar-refractivity contribution in [1.82, 2.24) is 10.3 Å². The molecule has 0 spiro atoms. The molecule has 0 saturated carbocycles. The Morgan fingerprint density at radius 1 is 1.33 bits per heavy atom. The molecule has 110 valence electrons. The van der Waals surface area contributed by atoms with Crippen LogP contribution in [0.1, 0.15) is 29.4 Å². The van der Waals surface area contributed by atoms with Gasteiger partial charge in [-0.25, -0.2) is 4.98 Å². The smallest absolute Gasteiger partial charge is 0.315 e. The minimum atomic E-state index is -1.13. The second-order valence-electron chi connectivity index (χ2n) is 4.66. The number of hydrogen-bond acceptors (Lipinski definition) is 4. The normalized spacial score (nSPS) is 13.4. The molecule has 6 heteroatoms. The van der Waals surface area contributed by atoms with Crippen LogP contribution < -0.4 is 5.32 Å². The number of thiazole rings is 1. The molecule has 1 unspecified atom stereocenters. The lowest BCUT2D eigenvalue weighted by Crippen LogP contribution is -2.46. The summed E-state index contributed by atoms with van der Waals surface area (Å²) in [4.78, 5) is 27.7. The van der Waals surface area contributed by atoms with Crippen LogP contribution >= 0.6 is 11.3 Å². The minimum absolute atomic E-state index is 0.0270. The van der Waals surface area contributed by atoms with Crippen LogP contribution in [-0.2, 0) is 10.2 Å². The minimum Gasteiger partial charge on any atom is -0.481 e. The molecule has 1 aromatic heterocycles. The third-order valence-electron chi connectivity index (χ3n) is 3.55. The molecule has 1 heterocycles. The van der Waals surface area contributed by atoms with E-state index in [0.29, 0.717) is 17.7 Å². The van der Waals surface area contributed by atoms with E-state index in [0.717, 1.165) is 0 Å². The van der Waals surface area contributed by atoms with E-state index < -0.39 is 11.4 Å². The number of carbonyl (C=O) groups excluding carboxylic acids is 1. The number of hydrogen-bond donors (Lipinski definition) is 2. The summed E-state index contributed by atoms with van der Waals surface area (Å²) in [7, 11) is 0. The zero-order valence-electron chi connectivity index (χ0n) is 11.6. The number of rotatable bonds is 6. The number of nitrogens with zero attached hydrogens (tertiary/aromatic N) is 1. The first-order valence-corrected chi connectivity index (χ1v) is 7.50. The molecule has 0 fully saturated rings. The SMILES string of the molecule is CCC(CNC(=O)c1cscn1)(C(=O)O)c1ccccc1. The quantitative estimate of drug-likeness (QED) is 0.858. The predicted octanol–water partition coefficient (Wildman–Crippen LogP) is 2.31. The number of carbonyl (C=O) groups is 2. The van der Waals surface area contributed by atoms with Gasteiger partial charge in [-0.05, 0) is 12.0 Å². The van der Waals surface area contributed by atoms with E-state index in [9.17, 15) is 14.7 Å². The second-order valence-corrected chi connectivity index (χ2v) is 5.38. The van der Waals surface area contributed by atoms with Crippen LogP contribution in [0.5, 0.6) is 0 Å². The molecule has 2 rings (SSSR count). The number of benzene rings is 1. The molecule has 5 nitrogen and oxygen atoms in total. The summed E-state index contributed by atoms with van der Waals surface area (Å²) in [5.41, 5.74) is 1.42. The average molecular weight is 304 g/mol. The zero-order valence-corrected chi connectivity index (χ0v) is 12.4. The molecule has 2 aromatic rings. The first-order chi connectivity index (χ1) is 10.1. The topological polar surface area (TPSA) is 79.3 Å². The van der Waals surface area contributed by atoms with Gasteiger partial charge in [-0.1, -0.05) is 37.3 Å². The fourth-order valence-corrected chi connectivity index (χ4v) is 2.72. The molecule has 1 amide bonds. The summed E-state index contributed by atoms with van der Waals surface area (Å²) in [6, 6.07) is 8.97. The van der Waals surface area contributed by atoms with Crippen molar-refractivity contribution in [1.29, 1.82) is 0 Å². The maximum Gasteiger partial charge on any atom is 0.315 e. The van der Waals surface area contributed by atoms with Crippen LogP contribution in [0.3, 0.4) is 0 Å². The van der Waals surface area contributed by atoms with Gasteiger partial charge in [-0.3, -0.25) is 9.59 Å². The average Bonchev–Trinajstić information content (AvgIpc) is 3.03. The molecule has 0 aliphatic heterocycles. The second kappa shape index (κ2) is 6.49. The van der Waals surface area contributed by atoms with Crippen molar-refractivity contribution >= 4 is 23.2 Å². The third-order valence-corrected chi connectivity index (χ3v) is 4.14. The highest BCUT2D eigenvalue weighted by Gasteiger charge is 2.39. The lowest BCUT2D eigenvalue weighted by atomic mass is 9.78. The summed E-state index contributed by atoms with van der Waals surface area (Å²) in [6.07, 6.45) is 0.379. The predicted molar refractivity (Wildman–Crippen MR) is 80.5 cm³/mol. The largest absolute Gasteiger partial charge is 0.481 e. The summed E-state index contributed by atoms with van der Waals surface area (Å²) in [5.74, 6) is -1.30. The van der Waals surface area contributed by atoms with E-state index in [1.165, 1.54) is 11.3 Å². The van der Waals surface area contributed by atoms with E-state index >= 15 is 0 Å². The molecular weight excluding hydrogens is 288 g/mol. The zero-order chi connectivity index (χ0) is 15.3. The first kappa shape index (κ1) is 15.2. The lowest BCUT2D eigenvalue weighted by molar-refractivity contribution is -0.143. The highest BCUT2D eigenvalue weighted by Crippen LogP contribution is 2.28. The van der Waals surface area contributed by atoms with Crippen molar-refractivity contribution in [2.45, 2.75) is 18.8 Å². The van der Waals surface area contributed by atoms with E-state index in [1.54, 1.807) is 42.1 Å². The summed E-state index contributed by atoms with van der Waals surface area (Å²) >= 11 is 1.32.